The van der Waals surface area contributed by atoms with Gasteiger partial charge in [-0.2, -0.15) is 0 Å². The molecule has 0 saturated carbocycles. The Morgan fingerprint density at radius 2 is 1.48 bits per heavy atom. The Morgan fingerprint density at radius 3 is 2.13 bits per heavy atom. The second kappa shape index (κ2) is 15.8. The van der Waals surface area contributed by atoms with E-state index in [1.54, 1.807) is 42.5 Å². The number of amides is 2. The normalized spacial score (nSPS) is 12.1. The van der Waals surface area contributed by atoms with E-state index < -0.39 is 28.5 Å². The molecule has 0 fully saturated rings. The summed E-state index contributed by atoms with van der Waals surface area (Å²) in [6, 6.07) is 26.2. The molecule has 4 rings (SSSR count). The Labute approximate surface area is 286 Å². The highest BCUT2D eigenvalue weighted by atomic mass is 35.5. The summed E-state index contributed by atoms with van der Waals surface area (Å²) in [7, 11) is -4.32. The molecule has 0 aliphatic rings. The maximum absolute atomic E-state index is 14.5. The molecule has 2 amide bonds. The van der Waals surface area contributed by atoms with Gasteiger partial charge in [-0.3, -0.25) is 13.9 Å². The highest BCUT2D eigenvalue weighted by molar-refractivity contribution is 7.92. The number of nitrogens with zero attached hydrogens (tertiary/aromatic N) is 2. The van der Waals surface area contributed by atoms with Crippen LogP contribution in [-0.2, 0) is 32.6 Å². The van der Waals surface area contributed by atoms with Crippen molar-refractivity contribution in [2.75, 3.05) is 17.4 Å². The third-order valence-electron chi connectivity index (χ3n) is 7.29. The fraction of sp³-hybridized carbons (Fsp3) is 0.257. The Bertz CT molecular complexity index is 1770. The van der Waals surface area contributed by atoms with E-state index in [2.05, 4.69) is 5.32 Å². The fourth-order valence-electron chi connectivity index (χ4n) is 4.84. The van der Waals surface area contributed by atoms with Gasteiger partial charge in [-0.15, -0.1) is 0 Å². The molecule has 1 N–H and O–H groups in total. The lowest BCUT2D eigenvalue weighted by Gasteiger charge is -2.34. The van der Waals surface area contributed by atoms with Crippen LogP contribution in [0.2, 0.25) is 15.1 Å². The zero-order valence-corrected chi connectivity index (χ0v) is 28.9. The predicted octanol–water partition coefficient (Wildman–Crippen LogP) is 7.56. The molecule has 1 unspecified atom stereocenters. The summed E-state index contributed by atoms with van der Waals surface area (Å²) in [5.74, 6) is -0.812. The maximum atomic E-state index is 14.5. The van der Waals surface area contributed by atoms with Gasteiger partial charge in [0.05, 0.1) is 20.6 Å². The standard InChI is InChI=1S/C35H36Cl3N3O4S/c1-24(2)21-39-35(43)32(20-26-9-5-4-6-10-26)40(22-27-11-7-12-28(36)19-27)33(42)23-41(31-14-8-13-30(37)34(31)38)46(44,45)29-17-15-25(3)16-18-29/h4-19,24,32H,20-23H2,1-3H3,(H,39,43). The first-order valence-electron chi connectivity index (χ1n) is 14.8. The lowest BCUT2D eigenvalue weighted by atomic mass is 10.0. The first-order valence-corrected chi connectivity index (χ1v) is 17.3. The quantitative estimate of drug-likeness (QED) is 0.156. The van der Waals surface area contributed by atoms with Gasteiger partial charge in [0.2, 0.25) is 11.8 Å². The van der Waals surface area contributed by atoms with Crippen molar-refractivity contribution in [3.8, 4) is 0 Å². The molecule has 0 aliphatic heterocycles. The molecule has 4 aromatic rings. The number of nitrogens with one attached hydrogen (secondary N) is 1. The van der Waals surface area contributed by atoms with Crippen molar-refractivity contribution in [3.63, 3.8) is 0 Å². The maximum Gasteiger partial charge on any atom is 0.264 e. The molecule has 46 heavy (non-hydrogen) atoms. The van der Waals surface area contributed by atoms with Crippen LogP contribution in [0.15, 0.2) is 102 Å². The summed E-state index contributed by atoms with van der Waals surface area (Å²) < 4.78 is 29.3. The summed E-state index contributed by atoms with van der Waals surface area (Å²) in [5, 5.41) is 3.53. The Morgan fingerprint density at radius 1 is 0.826 bits per heavy atom. The number of halogens is 3. The molecule has 11 heteroatoms. The molecule has 0 aliphatic carbocycles. The molecule has 1 atom stereocenters. The molecule has 0 radical (unpaired) electrons. The molecule has 7 nitrogen and oxygen atoms in total. The lowest BCUT2D eigenvalue weighted by molar-refractivity contribution is -0.140. The van der Waals surface area contributed by atoms with Crippen LogP contribution in [0.4, 0.5) is 5.69 Å². The fourth-order valence-corrected chi connectivity index (χ4v) is 6.93. The number of hydrogen-bond donors (Lipinski definition) is 1. The van der Waals surface area contributed by atoms with Gasteiger partial charge in [-0.05, 0) is 60.4 Å². The molecule has 0 aromatic heterocycles. The number of rotatable bonds is 13. The number of sulfonamides is 1. The van der Waals surface area contributed by atoms with Crippen molar-refractivity contribution in [3.05, 3.63) is 129 Å². The van der Waals surface area contributed by atoms with Crippen LogP contribution in [0.1, 0.15) is 30.5 Å². The number of anilines is 1. The van der Waals surface area contributed by atoms with Gasteiger partial charge < -0.3 is 10.2 Å². The Balaban J connectivity index is 1.83. The van der Waals surface area contributed by atoms with Crippen molar-refractivity contribution >= 4 is 62.3 Å². The van der Waals surface area contributed by atoms with Crippen molar-refractivity contribution in [2.24, 2.45) is 5.92 Å². The highest BCUT2D eigenvalue weighted by Crippen LogP contribution is 2.35. The van der Waals surface area contributed by atoms with E-state index >= 15 is 0 Å². The minimum atomic E-state index is -4.32. The molecular formula is C35H36Cl3N3O4S. The largest absolute Gasteiger partial charge is 0.354 e. The summed E-state index contributed by atoms with van der Waals surface area (Å²) in [4.78, 5) is 29.8. The minimum absolute atomic E-state index is 0.00626. The first kappa shape index (κ1) is 35.3. The zero-order valence-electron chi connectivity index (χ0n) is 25.8. The summed E-state index contributed by atoms with van der Waals surface area (Å²) in [6.07, 6.45) is 0.194. The molecular weight excluding hydrogens is 665 g/mol. The number of aryl methyl sites for hydroxylation is 1. The molecule has 4 aromatic carbocycles. The van der Waals surface area contributed by atoms with Crippen LogP contribution in [0.5, 0.6) is 0 Å². The van der Waals surface area contributed by atoms with Gasteiger partial charge in [0.25, 0.3) is 10.0 Å². The van der Waals surface area contributed by atoms with Crippen LogP contribution in [0.3, 0.4) is 0 Å². The Hall–Kier alpha value is -3.56. The number of hydrogen-bond acceptors (Lipinski definition) is 4. The van der Waals surface area contributed by atoms with Crippen LogP contribution in [-0.4, -0.2) is 44.3 Å². The third kappa shape index (κ3) is 9.04. The third-order valence-corrected chi connectivity index (χ3v) is 10.1. The average Bonchev–Trinajstić information content (AvgIpc) is 3.02. The van der Waals surface area contributed by atoms with E-state index in [-0.39, 0.29) is 45.4 Å². The second-order valence-corrected chi connectivity index (χ2v) is 14.5. The minimum Gasteiger partial charge on any atom is -0.354 e. The molecule has 242 valence electrons. The summed E-state index contributed by atoms with van der Waals surface area (Å²) in [5.41, 5.74) is 2.41. The van der Waals surface area contributed by atoms with E-state index in [4.69, 9.17) is 34.8 Å². The lowest BCUT2D eigenvalue weighted by Crippen LogP contribution is -2.53. The van der Waals surface area contributed by atoms with Crippen LogP contribution in [0.25, 0.3) is 0 Å². The van der Waals surface area contributed by atoms with Gasteiger partial charge in [0.1, 0.15) is 12.6 Å². The van der Waals surface area contributed by atoms with Crippen molar-refractivity contribution < 1.29 is 18.0 Å². The smallest absolute Gasteiger partial charge is 0.264 e. The molecule has 0 heterocycles. The summed E-state index contributed by atoms with van der Waals surface area (Å²) in [6.45, 7) is 5.53. The topological polar surface area (TPSA) is 86.8 Å². The molecule has 0 saturated heterocycles. The SMILES string of the molecule is Cc1ccc(S(=O)(=O)N(CC(=O)N(Cc2cccc(Cl)c2)C(Cc2ccccc2)C(=O)NCC(C)C)c2cccc(Cl)c2Cl)cc1. The van der Waals surface area contributed by atoms with Crippen molar-refractivity contribution in [2.45, 2.75) is 44.7 Å². The first-order chi connectivity index (χ1) is 21.9. The van der Waals surface area contributed by atoms with Crippen molar-refractivity contribution in [1.29, 1.82) is 0 Å². The van der Waals surface area contributed by atoms with Gasteiger partial charge >= 0.3 is 0 Å². The summed E-state index contributed by atoms with van der Waals surface area (Å²) >= 11 is 19.2. The van der Waals surface area contributed by atoms with Crippen LogP contribution < -0.4 is 9.62 Å². The van der Waals surface area contributed by atoms with Gasteiger partial charge in [0.15, 0.2) is 0 Å². The van der Waals surface area contributed by atoms with E-state index in [0.29, 0.717) is 17.1 Å². The second-order valence-electron chi connectivity index (χ2n) is 11.4. The van der Waals surface area contributed by atoms with Gasteiger partial charge in [0, 0.05) is 24.5 Å². The average molecular weight is 701 g/mol. The van der Waals surface area contributed by atoms with Gasteiger partial charge in [-0.25, -0.2) is 8.42 Å². The van der Waals surface area contributed by atoms with E-state index in [1.165, 1.54) is 29.2 Å². The van der Waals surface area contributed by atoms with Gasteiger partial charge in [-0.1, -0.05) is 115 Å². The van der Waals surface area contributed by atoms with Crippen LogP contribution >= 0.6 is 34.8 Å². The molecule has 0 bridgehead atoms. The Kier molecular flexibility index (Phi) is 12.1. The zero-order chi connectivity index (χ0) is 33.4. The molecule has 0 spiro atoms. The number of carbonyl (C=O) groups is 2. The number of carbonyl (C=O) groups excluding carboxylic acids is 2. The van der Waals surface area contributed by atoms with E-state index in [1.807, 2.05) is 51.1 Å². The van der Waals surface area contributed by atoms with E-state index in [0.717, 1.165) is 15.4 Å². The number of benzene rings is 4. The van der Waals surface area contributed by atoms with Crippen molar-refractivity contribution in [1.82, 2.24) is 10.2 Å². The predicted molar refractivity (Wildman–Crippen MR) is 186 cm³/mol. The van der Waals surface area contributed by atoms with E-state index in [9.17, 15) is 18.0 Å². The highest BCUT2D eigenvalue weighted by Gasteiger charge is 2.35. The van der Waals surface area contributed by atoms with Crippen LogP contribution in [0, 0.1) is 12.8 Å². The monoisotopic (exact) mass is 699 g/mol.